The Labute approximate surface area is 265 Å². The van der Waals surface area contributed by atoms with Crippen LogP contribution >= 0.6 is 24.0 Å². The average molecular weight is 612 g/mol. The summed E-state index contributed by atoms with van der Waals surface area (Å²) in [7, 11) is 0. The fraction of sp³-hybridized carbons (Fsp3) is 0.611. The number of carbonyl (C=O) groups is 1. The molecular weight excluding hydrogens is 559 g/mol. The monoisotopic (exact) mass is 611 g/mol. The van der Waals surface area contributed by atoms with Gasteiger partial charge >= 0.3 is 0 Å². The molecule has 1 saturated heterocycles. The number of benzene rings is 2. The summed E-state index contributed by atoms with van der Waals surface area (Å²) in [5, 5.41) is -0.401. The first kappa shape index (κ1) is 34.4. The SMILES string of the molecule is CCCCCCCCOc1ccc(C(=O)C(SC(=S)N2CCCCC2)c2ccc(OCCCCCCCC)cc2)cc1. The lowest BCUT2D eigenvalue weighted by atomic mass is 10.0. The van der Waals surface area contributed by atoms with Crippen molar-refractivity contribution >= 4 is 34.1 Å². The van der Waals surface area contributed by atoms with Crippen LogP contribution in [0.1, 0.15) is 131 Å². The van der Waals surface area contributed by atoms with Crippen LogP contribution in [0.4, 0.5) is 0 Å². The summed E-state index contributed by atoms with van der Waals surface area (Å²) in [6.07, 6.45) is 18.5. The molecule has 2 aromatic carbocycles. The van der Waals surface area contributed by atoms with Crippen LogP contribution < -0.4 is 9.47 Å². The van der Waals surface area contributed by atoms with Crippen LogP contribution in [-0.4, -0.2) is 41.3 Å². The molecule has 232 valence electrons. The molecule has 0 aromatic heterocycles. The lowest BCUT2D eigenvalue weighted by molar-refractivity contribution is 0.0989. The van der Waals surface area contributed by atoms with Gasteiger partial charge in [0.15, 0.2) is 5.78 Å². The van der Waals surface area contributed by atoms with E-state index in [0.717, 1.165) is 73.4 Å². The maximum atomic E-state index is 13.9. The Hall–Kier alpha value is -2.05. The molecule has 1 fully saturated rings. The summed E-state index contributed by atoms with van der Waals surface area (Å²) in [6, 6.07) is 15.7. The number of rotatable bonds is 20. The van der Waals surface area contributed by atoms with Crippen molar-refractivity contribution in [2.24, 2.45) is 0 Å². The van der Waals surface area contributed by atoms with Crippen molar-refractivity contribution < 1.29 is 14.3 Å². The number of ether oxygens (including phenoxy) is 2. The number of thioether (sulfide) groups is 1. The molecule has 0 N–H and O–H groups in total. The quantitative estimate of drug-likeness (QED) is 0.0842. The average Bonchev–Trinajstić information content (AvgIpc) is 3.03. The smallest absolute Gasteiger partial charge is 0.180 e. The molecule has 1 unspecified atom stereocenters. The molecule has 3 rings (SSSR count). The largest absolute Gasteiger partial charge is 0.494 e. The van der Waals surface area contributed by atoms with Gasteiger partial charge in [0.1, 0.15) is 15.8 Å². The van der Waals surface area contributed by atoms with Crippen molar-refractivity contribution in [2.75, 3.05) is 26.3 Å². The Morgan fingerprint density at radius 1 is 0.714 bits per heavy atom. The highest BCUT2D eigenvalue weighted by atomic mass is 32.2. The van der Waals surface area contributed by atoms with Gasteiger partial charge in [-0.2, -0.15) is 0 Å². The minimum atomic E-state index is -0.401. The zero-order valence-electron chi connectivity index (χ0n) is 26.1. The third-order valence-electron chi connectivity index (χ3n) is 7.93. The molecule has 4 nitrogen and oxygen atoms in total. The molecule has 0 radical (unpaired) electrons. The molecule has 1 atom stereocenters. The fourth-order valence-electron chi connectivity index (χ4n) is 5.28. The molecule has 2 aromatic rings. The van der Waals surface area contributed by atoms with Crippen LogP contribution in [0.5, 0.6) is 11.5 Å². The van der Waals surface area contributed by atoms with Gasteiger partial charge in [-0.15, -0.1) is 0 Å². The molecular formula is C36H53NO3S2. The Kier molecular flexibility index (Phi) is 17.0. The van der Waals surface area contributed by atoms with E-state index in [-0.39, 0.29) is 5.78 Å². The first-order valence-corrected chi connectivity index (χ1v) is 17.9. The second-order valence-corrected chi connectivity index (χ2v) is 13.2. The van der Waals surface area contributed by atoms with Gasteiger partial charge in [-0.05, 0) is 74.1 Å². The first-order valence-electron chi connectivity index (χ1n) is 16.6. The molecule has 0 amide bonds. The zero-order chi connectivity index (χ0) is 29.8. The highest BCUT2D eigenvalue weighted by Crippen LogP contribution is 2.36. The fourth-order valence-corrected chi connectivity index (χ4v) is 6.82. The molecule has 1 aliphatic rings. The van der Waals surface area contributed by atoms with Gasteiger partial charge in [0.25, 0.3) is 0 Å². The number of ketones is 1. The highest BCUT2D eigenvalue weighted by Gasteiger charge is 2.27. The molecule has 1 aliphatic heterocycles. The summed E-state index contributed by atoms with van der Waals surface area (Å²) in [5.41, 5.74) is 1.64. The maximum Gasteiger partial charge on any atom is 0.180 e. The van der Waals surface area contributed by atoms with Crippen molar-refractivity contribution in [1.82, 2.24) is 4.90 Å². The molecule has 0 bridgehead atoms. The molecule has 0 aliphatic carbocycles. The van der Waals surface area contributed by atoms with Crippen molar-refractivity contribution in [3.63, 3.8) is 0 Å². The summed E-state index contributed by atoms with van der Waals surface area (Å²) >= 11 is 7.37. The van der Waals surface area contributed by atoms with E-state index in [9.17, 15) is 4.79 Å². The standard InChI is InChI=1S/C36H53NO3S2/c1-3-5-7-9-11-16-28-39-32-22-18-30(19-23-32)34(38)35(42-36(41)37-26-14-13-15-27-37)31-20-24-33(25-21-31)40-29-17-12-10-8-6-4-2/h18-25,35H,3-17,26-29H2,1-2H3. The number of hydrogen-bond acceptors (Lipinski definition) is 5. The van der Waals surface area contributed by atoms with Crippen molar-refractivity contribution in [3.05, 3.63) is 59.7 Å². The third-order valence-corrected chi connectivity index (χ3v) is 9.65. The van der Waals surface area contributed by atoms with Gasteiger partial charge in [0, 0.05) is 18.7 Å². The summed E-state index contributed by atoms with van der Waals surface area (Å²) in [5.74, 6) is 1.75. The van der Waals surface area contributed by atoms with E-state index < -0.39 is 5.25 Å². The second-order valence-electron chi connectivity index (χ2n) is 11.5. The maximum absolute atomic E-state index is 13.9. The predicted molar refractivity (Wildman–Crippen MR) is 183 cm³/mol. The third kappa shape index (κ3) is 12.7. The van der Waals surface area contributed by atoms with Crippen molar-refractivity contribution in [1.29, 1.82) is 0 Å². The van der Waals surface area contributed by atoms with Gasteiger partial charge in [0.05, 0.1) is 18.5 Å². The Balaban J connectivity index is 1.59. The number of hydrogen-bond donors (Lipinski definition) is 0. The van der Waals surface area contributed by atoms with Crippen LogP contribution in [0.3, 0.4) is 0 Å². The molecule has 0 spiro atoms. The first-order chi connectivity index (χ1) is 20.6. The van der Waals surface area contributed by atoms with Crippen LogP contribution in [0.25, 0.3) is 0 Å². The summed E-state index contributed by atoms with van der Waals surface area (Å²) < 4.78 is 12.8. The van der Waals surface area contributed by atoms with E-state index in [1.54, 1.807) is 0 Å². The van der Waals surface area contributed by atoms with Gasteiger partial charge in [-0.3, -0.25) is 4.79 Å². The predicted octanol–water partition coefficient (Wildman–Crippen LogP) is 10.6. The van der Waals surface area contributed by atoms with E-state index >= 15 is 0 Å². The number of nitrogens with zero attached hydrogens (tertiary/aromatic N) is 1. The van der Waals surface area contributed by atoms with Crippen LogP contribution in [-0.2, 0) is 0 Å². The number of Topliss-reactive ketones (excluding diaryl/α,β-unsaturated/α-hetero) is 1. The van der Waals surface area contributed by atoms with E-state index in [1.165, 1.54) is 82.4 Å². The minimum absolute atomic E-state index is 0.0718. The lowest BCUT2D eigenvalue weighted by Crippen LogP contribution is -2.33. The van der Waals surface area contributed by atoms with Crippen LogP contribution in [0.2, 0.25) is 0 Å². The number of thiocarbonyl (C=S) groups is 1. The zero-order valence-corrected chi connectivity index (χ0v) is 27.8. The number of unbranched alkanes of at least 4 members (excludes halogenated alkanes) is 10. The summed E-state index contributed by atoms with van der Waals surface area (Å²) in [6.45, 7) is 7.88. The Morgan fingerprint density at radius 3 is 1.71 bits per heavy atom. The number of likely N-dealkylation sites (tertiary alicyclic amines) is 1. The van der Waals surface area contributed by atoms with E-state index in [4.69, 9.17) is 21.7 Å². The van der Waals surface area contributed by atoms with Gasteiger partial charge in [0.2, 0.25) is 0 Å². The van der Waals surface area contributed by atoms with E-state index in [2.05, 4.69) is 18.7 Å². The number of piperidine rings is 1. The molecule has 6 heteroatoms. The second kappa shape index (κ2) is 20.8. The van der Waals surface area contributed by atoms with Crippen LogP contribution in [0.15, 0.2) is 48.5 Å². The normalized spacial score (nSPS) is 14.0. The van der Waals surface area contributed by atoms with Crippen LogP contribution in [0, 0.1) is 0 Å². The number of carbonyl (C=O) groups excluding carboxylic acids is 1. The van der Waals surface area contributed by atoms with Crippen molar-refractivity contribution in [3.8, 4) is 11.5 Å². The summed E-state index contributed by atoms with van der Waals surface area (Å²) in [4.78, 5) is 16.2. The Bertz CT molecular complexity index is 1020. The topological polar surface area (TPSA) is 38.8 Å². The van der Waals surface area contributed by atoms with Gasteiger partial charge in [-0.25, -0.2) is 0 Å². The highest BCUT2D eigenvalue weighted by molar-refractivity contribution is 8.23. The van der Waals surface area contributed by atoms with Gasteiger partial charge in [-0.1, -0.05) is 114 Å². The Morgan fingerprint density at radius 2 is 1.19 bits per heavy atom. The molecule has 0 saturated carbocycles. The minimum Gasteiger partial charge on any atom is -0.494 e. The van der Waals surface area contributed by atoms with E-state index in [0.29, 0.717) is 5.56 Å². The molecule has 1 heterocycles. The molecule has 42 heavy (non-hydrogen) atoms. The lowest BCUT2D eigenvalue weighted by Gasteiger charge is -2.30. The van der Waals surface area contributed by atoms with Gasteiger partial charge < -0.3 is 14.4 Å². The van der Waals surface area contributed by atoms with Crippen molar-refractivity contribution in [2.45, 2.75) is 115 Å². The van der Waals surface area contributed by atoms with E-state index in [1.807, 2.05) is 48.5 Å².